The summed E-state index contributed by atoms with van der Waals surface area (Å²) in [6, 6.07) is 9.35. The second kappa shape index (κ2) is 7.80. The molecule has 2 aromatic heterocycles. The average Bonchev–Trinajstić information content (AvgIpc) is 3.29. The Balaban J connectivity index is 1.69. The number of furan rings is 1. The van der Waals surface area contributed by atoms with Crippen molar-refractivity contribution in [2.45, 2.75) is 13.3 Å². The molecule has 0 radical (unpaired) electrons. The summed E-state index contributed by atoms with van der Waals surface area (Å²) in [5, 5.41) is 3.06. The van der Waals surface area contributed by atoms with Crippen molar-refractivity contribution >= 4 is 22.6 Å². The second-order valence-corrected chi connectivity index (χ2v) is 5.87. The third-order valence-corrected chi connectivity index (χ3v) is 3.89. The van der Waals surface area contributed by atoms with Gasteiger partial charge in [0.2, 0.25) is 5.13 Å². The number of aromatic nitrogens is 2. The van der Waals surface area contributed by atoms with Crippen LogP contribution in [-0.4, -0.2) is 29.0 Å². The molecule has 0 spiro atoms. The SMILES string of the molecule is CCCOc1nsc(NC(=O)c2coc(-c3cccc(OC)c3)c2)n1. The second-order valence-electron chi connectivity index (χ2n) is 5.12. The lowest BCUT2D eigenvalue weighted by Crippen LogP contribution is -2.10. The van der Waals surface area contributed by atoms with Crippen molar-refractivity contribution in [2.75, 3.05) is 19.0 Å². The molecule has 0 fully saturated rings. The molecule has 130 valence electrons. The summed E-state index contributed by atoms with van der Waals surface area (Å²) >= 11 is 1.07. The molecule has 0 unspecified atom stereocenters. The molecule has 25 heavy (non-hydrogen) atoms. The molecular weight excluding hydrogens is 342 g/mol. The maximum atomic E-state index is 12.3. The maximum Gasteiger partial charge on any atom is 0.330 e. The van der Waals surface area contributed by atoms with Gasteiger partial charge in [0.15, 0.2) is 0 Å². The van der Waals surface area contributed by atoms with Gasteiger partial charge in [-0.05, 0) is 24.6 Å². The molecule has 0 saturated carbocycles. The third kappa shape index (κ3) is 4.16. The predicted molar refractivity (Wildman–Crippen MR) is 94.3 cm³/mol. The molecule has 0 atom stereocenters. The van der Waals surface area contributed by atoms with Crippen LogP contribution in [0.15, 0.2) is 41.0 Å². The van der Waals surface area contributed by atoms with Crippen LogP contribution >= 0.6 is 11.5 Å². The van der Waals surface area contributed by atoms with E-state index in [2.05, 4.69) is 14.7 Å². The topological polar surface area (TPSA) is 86.5 Å². The lowest BCUT2D eigenvalue weighted by molar-refractivity contribution is 0.102. The summed E-state index contributed by atoms with van der Waals surface area (Å²) in [5.74, 6) is 0.970. The number of hydrogen-bond acceptors (Lipinski definition) is 7. The van der Waals surface area contributed by atoms with Gasteiger partial charge < -0.3 is 13.9 Å². The molecular formula is C17H17N3O4S. The van der Waals surface area contributed by atoms with Crippen LogP contribution in [0.5, 0.6) is 11.8 Å². The van der Waals surface area contributed by atoms with Crippen LogP contribution in [0.3, 0.4) is 0 Å². The number of benzene rings is 1. The highest BCUT2D eigenvalue weighted by Gasteiger charge is 2.14. The highest BCUT2D eigenvalue weighted by molar-refractivity contribution is 7.10. The predicted octanol–water partition coefficient (Wildman–Crippen LogP) is 3.85. The smallest absolute Gasteiger partial charge is 0.330 e. The molecule has 0 bridgehead atoms. The van der Waals surface area contributed by atoms with Crippen molar-refractivity contribution < 1.29 is 18.7 Å². The number of nitrogens with one attached hydrogen (secondary N) is 1. The minimum Gasteiger partial charge on any atom is -0.497 e. The lowest BCUT2D eigenvalue weighted by atomic mass is 10.1. The van der Waals surface area contributed by atoms with Gasteiger partial charge in [0.1, 0.15) is 17.8 Å². The van der Waals surface area contributed by atoms with Crippen molar-refractivity contribution in [3.8, 4) is 23.1 Å². The van der Waals surface area contributed by atoms with E-state index in [1.165, 1.54) is 6.26 Å². The van der Waals surface area contributed by atoms with Crippen LogP contribution in [0.2, 0.25) is 0 Å². The van der Waals surface area contributed by atoms with Gasteiger partial charge in [0.25, 0.3) is 5.91 Å². The van der Waals surface area contributed by atoms with E-state index in [-0.39, 0.29) is 11.9 Å². The van der Waals surface area contributed by atoms with Gasteiger partial charge in [-0.1, -0.05) is 19.1 Å². The Morgan fingerprint density at radius 1 is 1.36 bits per heavy atom. The van der Waals surface area contributed by atoms with Crippen molar-refractivity contribution in [2.24, 2.45) is 0 Å². The minimum atomic E-state index is -0.323. The molecule has 0 saturated heterocycles. The van der Waals surface area contributed by atoms with Gasteiger partial charge in [-0.25, -0.2) is 0 Å². The molecule has 1 amide bonds. The molecule has 1 N–H and O–H groups in total. The van der Waals surface area contributed by atoms with E-state index in [1.54, 1.807) is 13.2 Å². The van der Waals surface area contributed by atoms with Crippen LogP contribution in [0.1, 0.15) is 23.7 Å². The number of anilines is 1. The summed E-state index contributed by atoms with van der Waals surface area (Å²) in [4.78, 5) is 16.4. The van der Waals surface area contributed by atoms with Crippen LogP contribution in [0, 0.1) is 0 Å². The zero-order valence-electron chi connectivity index (χ0n) is 13.8. The summed E-state index contributed by atoms with van der Waals surface area (Å²) in [7, 11) is 1.60. The van der Waals surface area contributed by atoms with Gasteiger partial charge in [0, 0.05) is 17.1 Å². The van der Waals surface area contributed by atoms with Crippen LogP contribution in [0.4, 0.5) is 5.13 Å². The van der Waals surface area contributed by atoms with Gasteiger partial charge in [-0.3, -0.25) is 10.1 Å². The summed E-state index contributed by atoms with van der Waals surface area (Å²) in [6.45, 7) is 2.53. The van der Waals surface area contributed by atoms with Gasteiger partial charge in [0.05, 0.1) is 19.3 Å². The first kappa shape index (κ1) is 17.0. The Morgan fingerprint density at radius 3 is 3.04 bits per heavy atom. The molecule has 0 aliphatic carbocycles. The number of ether oxygens (including phenoxy) is 2. The third-order valence-electron chi connectivity index (χ3n) is 3.28. The van der Waals surface area contributed by atoms with Gasteiger partial charge >= 0.3 is 6.01 Å². The van der Waals surface area contributed by atoms with E-state index in [0.29, 0.717) is 28.8 Å². The molecule has 1 aromatic carbocycles. The summed E-state index contributed by atoms with van der Waals surface area (Å²) < 4.78 is 20.0. The first-order valence-electron chi connectivity index (χ1n) is 7.70. The number of amides is 1. The average molecular weight is 359 g/mol. The molecule has 3 rings (SSSR count). The van der Waals surface area contributed by atoms with E-state index < -0.39 is 0 Å². The Bertz CT molecular complexity index is 859. The summed E-state index contributed by atoms with van der Waals surface area (Å²) in [5.41, 5.74) is 1.22. The van der Waals surface area contributed by atoms with Gasteiger partial charge in [-0.2, -0.15) is 4.98 Å². The maximum absolute atomic E-state index is 12.3. The largest absolute Gasteiger partial charge is 0.497 e. The molecule has 3 aromatic rings. The van der Waals surface area contributed by atoms with Crippen molar-refractivity contribution in [3.63, 3.8) is 0 Å². The fourth-order valence-electron chi connectivity index (χ4n) is 2.07. The molecule has 8 heteroatoms. The molecule has 0 aliphatic rings. The number of carbonyl (C=O) groups excluding carboxylic acids is 1. The Hall–Kier alpha value is -2.87. The van der Waals surface area contributed by atoms with E-state index in [9.17, 15) is 4.79 Å². The highest BCUT2D eigenvalue weighted by atomic mass is 32.1. The van der Waals surface area contributed by atoms with Crippen molar-refractivity contribution in [3.05, 3.63) is 42.2 Å². The molecule has 2 heterocycles. The Morgan fingerprint density at radius 2 is 2.24 bits per heavy atom. The molecule has 7 nitrogen and oxygen atoms in total. The highest BCUT2D eigenvalue weighted by Crippen LogP contribution is 2.26. The summed E-state index contributed by atoms with van der Waals surface area (Å²) in [6.07, 6.45) is 2.27. The van der Waals surface area contributed by atoms with Crippen LogP contribution in [-0.2, 0) is 0 Å². The fraction of sp³-hybridized carbons (Fsp3) is 0.235. The number of methoxy groups -OCH3 is 1. The zero-order valence-corrected chi connectivity index (χ0v) is 14.6. The fourth-order valence-corrected chi connectivity index (χ4v) is 2.58. The van der Waals surface area contributed by atoms with E-state index >= 15 is 0 Å². The first-order valence-corrected chi connectivity index (χ1v) is 8.47. The van der Waals surface area contributed by atoms with Crippen LogP contribution < -0.4 is 14.8 Å². The molecule has 0 aliphatic heterocycles. The first-order chi connectivity index (χ1) is 12.2. The van der Waals surface area contributed by atoms with Crippen LogP contribution in [0.25, 0.3) is 11.3 Å². The Kier molecular flexibility index (Phi) is 5.30. The number of nitrogens with zero attached hydrogens (tertiary/aromatic N) is 2. The standard InChI is InChI=1S/C17H17N3O4S/c1-3-7-23-16-19-17(25-20-16)18-15(21)12-9-14(24-10-12)11-5-4-6-13(8-11)22-2/h4-6,8-10H,3,7H2,1-2H3,(H,18,19,20,21). The Labute approximate surface area is 148 Å². The zero-order chi connectivity index (χ0) is 17.6. The quantitative estimate of drug-likeness (QED) is 0.689. The van der Waals surface area contributed by atoms with Crippen molar-refractivity contribution in [1.29, 1.82) is 0 Å². The number of carbonyl (C=O) groups is 1. The van der Waals surface area contributed by atoms with Gasteiger partial charge in [-0.15, -0.1) is 4.37 Å². The van der Waals surface area contributed by atoms with E-state index in [0.717, 1.165) is 23.5 Å². The minimum absolute atomic E-state index is 0.270. The van der Waals surface area contributed by atoms with Crippen molar-refractivity contribution in [1.82, 2.24) is 9.36 Å². The monoisotopic (exact) mass is 359 g/mol. The lowest BCUT2D eigenvalue weighted by Gasteiger charge is -2.01. The van der Waals surface area contributed by atoms with E-state index in [4.69, 9.17) is 13.9 Å². The number of rotatable bonds is 7. The van der Waals surface area contributed by atoms with E-state index in [1.807, 2.05) is 31.2 Å². The number of hydrogen-bond donors (Lipinski definition) is 1. The normalized spacial score (nSPS) is 10.5.